The largest absolute Gasteiger partial charge is 0.492 e. The summed E-state index contributed by atoms with van der Waals surface area (Å²) < 4.78 is 12.2. The molecule has 0 spiro atoms. The van der Waals surface area contributed by atoms with E-state index in [0.29, 0.717) is 6.61 Å². The van der Waals surface area contributed by atoms with E-state index in [1.807, 2.05) is 24.3 Å². The first-order valence-corrected chi connectivity index (χ1v) is 7.31. The van der Waals surface area contributed by atoms with Crippen molar-refractivity contribution >= 4 is 15.9 Å². The zero-order chi connectivity index (χ0) is 12.6. The van der Waals surface area contributed by atoms with Crippen LogP contribution in [0.1, 0.15) is 12.8 Å². The highest BCUT2D eigenvalue weighted by Gasteiger charge is 2.20. The average Bonchev–Trinajstić information content (AvgIpc) is 3.19. The lowest BCUT2D eigenvalue weighted by molar-refractivity contribution is 0.125. The number of hydrogen-bond donors (Lipinski definition) is 1. The van der Waals surface area contributed by atoms with Crippen LogP contribution >= 0.6 is 15.9 Å². The van der Waals surface area contributed by atoms with Crippen molar-refractivity contribution in [1.29, 1.82) is 0 Å². The fourth-order valence-corrected chi connectivity index (χ4v) is 1.84. The average molecular weight is 314 g/mol. The Bertz CT molecular complexity index is 338. The van der Waals surface area contributed by atoms with E-state index in [4.69, 9.17) is 9.47 Å². The molecule has 18 heavy (non-hydrogen) atoms. The van der Waals surface area contributed by atoms with Crippen molar-refractivity contribution in [2.75, 3.05) is 32.9 Å². The summed E-state index contributed by atoms with van der Waals surface area (Å²) in [5.41, 5.74) is 0. The maximum atomic E-state index is 5.59. The molecule has 0 radical (unpaired) electrons. The molecule has 0 aliphatic heterocycles. The molecule has 0 amide bonds. The predicted octanol–water partition coefficient (Wildman–Crippen LogP) is 2.84. The van der Waals surface area contributed by atoms with E-state index in [9.17, 15) is 0 Å². The van der Waals surface area contributed by atoms with Crippen molar-refractivity contribution in [3.8, 4) is 5.75 Å². The molecule has 0 saturated heterocycles. The fourth-order valence-electron chi connectivity index (χ4n) is 1.58. The minimum atomic E-state index is 0.685. The third kappa shape index (κ3) is 5.85. The SMILES string of the molecule is Brc1ccc(OCCNCCOCC2CC2)cc1. The first kappa shape index (κ1) is 13.8. The second kappa shape index (κ2) is 7.77. The van der Waals surface area contributed by atoms with Crippen molar-refractivity contribution < 1.29 is 9.47 Å². The van der Waals surface area contributed by atoms with Crippen LogP contribution in [-0.2, 0) is 4.74 Å². The molecule has 1 N–H and O–H groups in total. The van der Waals surface area contributed by atoms with Gasteiger partial charge in [0.05, 0.1) is 6.61 Å². The Morgan fingerprint density at radius 1 is 1.11 bits per heavy atom. The lowest BCUT2D eigenvalue weighted by atomic mass is 10.3. The first-order chi connectivity index (χ1) is 8.84. The summed E-state index contributed by atoms with van der Waals surface area (Å²) in [4.78, 5) is 0. The van der Waals surface area contributed by atoms with Crippen LogP contribution in [0.3, 0.4) is 0 Å². The van der Waals surface area contributed by atoms with E-state index in [-0.39, 0.29) is 0 Å². The summed E-state index contributed by atoms with van der Waals surface area (Å²) in [6, 6.07) is 7.88. The topological polar surface area (TPSA) is 30.5 Å². The smallest absolute Gasteiger partial charge is 0.119 e. The lowest BCUT2D eigenvalue weighted by Crippen LogP contribution is -2.25. The van der Waals surface area contributed by atoms with Crippen molar-refractivity contribution in [2.45, 2.75) is 12.8 Å². The van der Waals surface area contributed by atoms with E-state index < -0.39 is 0 Å². The highest BCUT2D eigenvalue weighted by atomic mass is 79.9. The normalized spacial score (nSPS) is 14.7. The Balaban J connectivity index is 1.42. The van der Waals surface area contributed by atoms with Crippen LogP contribution in [0.15, 0.2) is 28.7 Å². The van der Waals surface area contributed by atoms with Gasteiger partial charge in [0.1, 0.15) is 12.4 Å². The number of ether oxygens (including phenoxy) is 2. The van der Waals surface area contributed by atoms with Crippen molar-refractivity contribution in [3.63, 3.8) is 0 Å². The molecule has 100 valence electrons. The van der Waals surface area contributed by atoms with Crippen LogP contribution < -0.4 is 10.1 Å². The van der Waals surface area contributed by atoms with Gasteiger partial charge >= 0.3 is 0 Å². The third-order valence-electron chi connectivity index (χ3n) is 2.83. The molecule has 1 aliphatic carbocycles. The Hall–Kier alpha value is -0.580. The molecular weight excluding hydrogens is 294 g/mol. The molecule has 0 heterocycles. The molecule has 1 fully saturated rings. The van der Waals surface area contributed by atoms with Crippen LogP contribution in [-0.4, -0.2) is 32.9 Å². The van der Waals surface area contributed by atoms with Gasteiger partial charge < -0.3 is 14.8 Å². The van der Waals surface area contributed by atoms with Gasteiger partial charge in [0.15, 0.2) is 0 Å². The molecule has 3 nitrogen and oxygen atoms in total. The quantitative estimate of drug-likeness (QED) is 0.711. The van der Waals surface area contributed by atoms with Crippen LogP contribution in [0.2, 0.25) is 0 Å². The zero-order valence-electron chi connectivity index (χ0n) is 10.5. The van der Waals surface area contributed by atoms with Gasteiger partial charge in [-0.15, -0.1) is 0 Å². The molecule has 1 aliphatic rings. The first-order valence-electron chi connectivity index (χ1n) is 6.51. The summed E-state index contributed by atoms with van der Waals surface area (Å²) in [5, 5.41) is 3.30. The predicted molar refractivity (Wildman–Crippen MR) is 76.0 cm³/mol. The highest BCUT2D eigenvalue weighted by Crippen LogP contribution is 2.28. The van der Waals surface area contributed by atoms with Gasteiger partial charge in [-0.1, -0.05) is 15.9 Å². The van der Waals surface area contributed by atoms with Gasteiger partial charge in [-0.2, -0.15) is 0 Å². The van der Waals surface area contributed by atoms with E-state index in [1.54, 1.807) is 0 Å². The molecule has 0 bridgehead atoms. The standard InChI is InChI=1S/C14H20BrNO2/c15-13-3-5-14(6-4-13)18-10-8-16-7-9-17-11-12-1-2-12/h3-6,12,16H,1-2,7-11H2. The van der Waals surface area contributed by atoms with Crippen molar-refractivity contribution in [2.24, 2.45) is 5.92 Å². The molecule has 0 atom stereocenters. The second-order valence-corrected chi connectivity index (χ2v) is 5.49. The Kier molecular flexibility index (Phi) is 5.97. The zero-order valence-corrected chi connectivity index (χ0v) is 12.1. The number of benzene rings is 1. The van der Waals surface area contributed by atoms with Crippen LogP contribution in [0, 0.1) is 5.92 Å². The number of hydrogen-bond acceptors (Lipinski definition) is 3. The minimum absolute atomic E-state index is 0.685. The Labute approximate surface area is 117 Å². The van der Waals surface area contributed by atoms with Gasteiger partial charge in [0.2, 0.25) is 0 Å². The molecule has 1 saturated carbocycles. The molecule has 2 rings (SSSR count). The summed E-state index contributed by atoms with van der Waals surface area (Å²) in [7, 11) is 0. The molecule has 4 heteroatoms. The van der Waals surface area contributed by atoms with Gasteiger partial charge in [-0.25, -0.2) is 0 Å². The van der Waals surface area contributed by atoms with E-state index in [0.717, 1.165) is 42.4 Å². The molecule has 0 unspecified atom stereocenters. The summed E-state index contributed by atoms with van der Waals surface area (Å²) >= 11 is 3.40. The number of nitrogens with one attached hydrogen (secondary N) is 1. The van der Waals surface area contributed by atoms with Gasteiger partial charge in [-0.3, -0.25) is 0 Å². The maximum Gasteiger partial charge on any atom is 0.119 e. The minimum Gasteiger partial charge on any atom is -0.492 e. The van der Waals surface area contributed by atoms with Gasteiger partial charge in [-0.05, 0) is 43.0 Å². The van der Waals surface area contributed by atoms with Crippen LogP contribution in [0.5, 0.6) is 5.75 Å². The van der Waals surface area contributed by atoms with Gasteiger partial charge in [0.25, 0.3) is 0 Å². The second-order valence-electron chi connectivity index (χ2n) is 4.57. The van der Waals surface area contributed by atoms with E-state index in [1.165, 1.54) is 12.8 Å². The van der Waals surface area contributed by atoms with Crippen molar-refractivity contribution in [1.82, 2.24) is 5.32 Å². The Morgan fingerprint density at radius 3 is 2.56 bits per heavy atom. The third-order valence-corrected chi connectivity index (χ3v) is 3.36. The van der Waals surface area contributed by atoms with Crippen LogP contribution in [0.25, 0.3) is 0 Å². The summed E-state index contributed by atoms with van der Waals surface area (Å²) in [6.07, 6.45) is 2.71. The Morgan fingerprint density at radius 2 is 1.83 bits per heavy atom. The molecule has 1 aromatic rings. The molecular formula is C14H20BrNO2. The van der Waals surface area contributed by atoms with E-state index >= 15 is 0 Å². The maximum absolute atomic E-state index is 5.59. The molecule has 1 aromatic carbocycles. The van der Waals surface area contributed by atoms with Crippen LogP contribution in [0.4, 0.5) is 0 Å². The fraction of sp³-hybridized carbons (Fsp3) is 0.571. The lowest BCUT2D eigenvalue weighted by Gasteiger charge is -2.08. The van der Waals surface area contributed by atoms with Gasteiger partial charge in [0, 0.05) is 24.2 Å². The van der Waals surface area contributed by atoms with E-state index in [2.05, 4.69) is 21.2 Å². The van der Waals surface area contributed by atoms with Crippen molar-refractivity contribution in [3.05, 3.63) is 28.7 Å². The summed E-state index contributed by atoms with van der Waals surface area (Å²) in [5.74, 6) is 1.76. The monoisotopic (exact) mass is 313 g/mol. The highest BCUT2D eigenvalue weighted by molar-refractivity contribution is 9.10. The number of rotatable bonds is 9. The number of halogens is 1. The summed E-state index contributed by atoms with van der Waals surface area (Å²) in [6.45, 7) is 4.18. The molecule has 0 aromatic heterocycles.